The summed E-state index contributed by atoms with van der Waals surface area (Å²) in [6, 6.07) is 5.80. The van der Waals surface area contributed by atoms with Crippen LogP contribution in [-0.2, 0) is 0 Å². The fourth-order valence-corrected chi connectivity index (χ4v) is 2.33. The van der Waals surface area contributed by atoms with Gasteiger partial charge in [-0.05, 0) is 12.1 Å². The topological polar surface area (TPSA) is 32.9 Å². The average Bonchev–Trinajstić information content (AvgIpc) is 2.63. The number of hydrogen-bond acceptors (Lipinski definition) is 1. The maximum atomic E-state index is 11.7. The molecule has 1 aromatic heterocycles. The van der Waals surface area contributed by atoms with Gasteiger partial charge in [-0.1, -0.05) is 22.0 Å². The third-order valence-corrected chi connectivity index (χ3v) is 3.13. The number of ketones is 1. The number of Topliss-reactive ketones (excluding diaryl/α,β-unsaturated/α-hetero) is 1. The first-order valence-corrected chi connectivity index (χ1v) is 5.91. The highest BCUT2D eigenvalue weighted by Gasteiger charge is 2.13. The number of nitrogens with one attached hydrogen (secondary N) is 1. The maximum absolute atomic E-state index is 11.7. The molecule has 0 radical (unpaired) electrons. The van der Waals surface area contributed by atoms with Gasteiger partial charge in [0.15, 0.2) is 5.78 Å². The predicted molar refractivity (Wildman–Crippen MR) is 65.7 cm³/mol. The molecule has 1 aromatic carbocycles. The molecular weight excluding hydrogens is 277 g/mol. The molecule has 0 unspecified atom stereocenters. The second kappa shape index (κ2) is 4.37. The van der Waals surface area contributed by atoms with E-state index in [0.29, 0.717) is 17.9 Å². The van der Waals surface area contributed by atoms with E-state index in [2.05, 4.69) is 20.9 Å². The van der Waals surface area contributed by atoms with E-state index in [1.165, 1.54) is 0 Å². The van der Waals surface area contributed by atoms with Crippen LogP contribution in [0.15, 0.2) is 28.9 Å². The molecule has 2 rings (SSSR count). The number of fused-ring (bicyclic) bond motifs is 1. The van der Waals surface area contributed by atoms with E-state index in [1.807, 2.05) is 18.2 Å². The van der Waals surface area contributed by atoms with Crippen LogP contribution in [0.3, 0.4) is 0 Å². The summed E-state index contributed by atoms with van der Waals surface area (Å²) in [5, 5.41) is 0.938. The van der Waals surface area contributed by atoms with Gasteiger partial charge >= 0.3 is 0 Å². The molecule has 2 nitrogen and oxygen atoms in total. The number of halogens is 2. The van der Waals surface area contributed by atoms with Crippen molar-refractivity contribution in [2.75, 3.05) is 5.88 Å². The van der Waals surface area contributed by atoms with Gasteiger partial charge in [0.2, 0.25) is 0 Å². The molecule has 0 saturated heterocycles. The lowest BCUT2D eigenvalue weighted by Gasteiger charge is -1.98. The Kier molecular flexibility index (Phi) is 3.12. The molecule has 0 atom stereocenters. The lowest BCUT2D eigenvalue weighted by Crippen LogP contribution is -1.98. The van der Waals surface area contributed by atoms with Gasteiger partial charge in [-0.25, -0.2) is 0 Å². The third kappa shape index (κ3) is 1.94. The van der Waals surface area contributed by atoms with E-state index in [-0.39, 0.29) is 5.78 Å². The van der Waals surface area contributed by atoms with Gasteiger partial charge in [-0.2, -0.15) is 0 Å². The second-order valence-corrected chi connectivity index (χ2v) is 4.46. The number of alkyl halides is 1. The first kappa shape index (κ1) is 10.7. The number of carbonyl (C=O) groups excluding carboxylic acids is 1. The minimum Gasteiger partial charge on any atom is -0.360 e. The van der Waals surface area contributed by atoms with Crippen LogP contribution >= 0.6 is 27.5 Å². The maximum Gasteiger partial charge on any atom is 0.166 e. The summed E-state index contributed by atoms with van der Waals surface area (Å²) in [7, 11) is 0. The van der Waals surface area contributed by atoms with Crippen molar-refractivity contribution >= 4 is 44.2 Å². The van der Waals surface area contributed by atoms with Crippen LogP contribution in [-0.4, -0.2) is 16.6 Å². The molecule has 1 heterocycles. The molecule has 0 saturated carbocycles. The van der Waals surface area contributed by atoms with Crippen LogP contribution in [0.5, 0.6) is 0 Å². The van der Waals surface area contributed by atoms with Crippen molar-refractivity contribution in [3.05, 3.63) is 34.4 Å². The number of hydrogen-bond donors (Lipinski definition) is 1. The van der Waals surface area contributed by atoms with Crippen molar-refractivity contribution < 1.29 is 4.79 Å². The second-order valence-electron chi connectivity index (χ2n) is 3.23. The van der Waals surface area contributed by atoms with Gasteiger partial charge in [0.05, 0.1) is 0 Å². The molecular formula is C11H9BrClNO. The first-order chi connectivity index (χ1) is 7.24. The van der Waals surface area contributed by atoms with E-state index in [0.717, 1.165) is 15.4 Å². The summed E-state index contributed by atoms with van der Waals surface area (Å²) < 4.78 is 0.930. The molecule has 4 heteroatoms. The highest BCUT2D eigenvalue weighted by molar-refractivity contribution is 9.10. The van der Waals surface area contributed by atoms with Gasteiger partial charge in [0, 0.05) is 39.4 Å². The summed E-state index contributed by atoms with van der Waals surface area (Å²) in [6.45, 7) is 0. The fraction of sp³-hybridized carbons (Fsp3) is 0.182. The largest absolute Gasteiger partial charge is 0.360 e. The summed E-state index contributed by atoms with van der Waals surface area (Å²) in [6.07, 6.45) is 2.11. The zero-order valence-corrected chi connectivity index (χ0v) is 10.2. The van der Waals surface area contributed by atoms with Gasteiger partial charge in [0.25, 0.3) is 0 Å². The molecule has 0 aliphatic rings. The summed E-state index contributed by atoms with van der Waals surface area (Å²) in [5.74, 6) is 0.429. The number of H-pyrrole nitrogens is 1. The molecule has 0 amide bonds. The number of carbonyl (C=O) groups is 1. The Hall–Kier alpha value is -0.800. The summed E-state index contributed by atoms with van der Waals surface area (Å²) in [4.78, 5) is 14.8. The van der Waals surface area contributed by atoms with Crippen LogP contribution < -0.4 is 0 Å². The first-order valence-electron chi connectivity index (χ1n) is 4.59. The Balaban J connectivity index is 2.57. The van der Waals surface area contributed by atoms with Crippen LogP contribution in [0.25, 0.3) is 10.9 Å². The third-order valence-electron chi connectivity index (χ3n) is 2.28. The number of benzene rings is 1. The Morgan fingerprint density at radius 2 is 2.27 bits per heavy atom. The Bertz CT molecular complexity index is 506. The van der Waals surface area contributed by atoms with Crippen LogP contribution in [0.1, 0.15) is 16.8 Å². The number of rotatable bonds is 3. The average molecular weight is 287 g/mol. The van der Waals surface area contributed by atoms with Crippen molar-refractivity contribution in [3.63, 3.8) is 0 Å². The Morgan fingerprint density at radius 3 is 3.00 bits per heavy atom. The summed E-state index contributed by atoms with van der Waals surface area (Å²) in [5.41, 5.74) is 1.67. The van der Waals surface area contributed by atoms with Crippen molar-refractivity contribution in [1.29, 1.82) is 0 Å². The normalized spacial score (nSPS) is 10.8. The lowest BCUT2D eigenvalue weighted by atomic mass is 10.1. The molecule has 0 aliphatic heterocycles. The van der Waals surface area contributed by atoms with E-state index in [1.54, 1.807) is 6.20 Å². The fourth-order valence-electron chi connectivity index (χ4n) is 1.58. The van der Waals surface area contributed by atoms with E-state index < -0.39 is 0 Å². The molecule has 0 spiro atoms. The zero-order valence-electron chi connectivity index (χ0n) is 7.89. The minimum absolute atomic E-state index is 0.0724. The molecule has 0 fully saturated rings. The van der Waals surface area contributed by atoms with E-state index in [4.69, 9.17) is 11.6 Å². The smallest absolute Gasteiger partial charge is 0.166 e. The van der Waals surface area contributed by atoms with Gasteiger partial charge in [-0.15, -0.1) is 11.6 Å². The number of aromatic nitrogens is 1. The zero-order chi connectivity index (χ0) is 10.8. The molecule has 1 N–H and O–H groups in total. The number of aromatic amines is 1. The molecule has 2 aromatic rings. The Morgan fingerprint density at radius 1 is 1.47 bits per heavy atom. The molecule has 78 valence electrons. The monoisotopic (exact) mass is 285 g/mol. The predicted octanol–water partition coefficient (Wildman–Crippen LogP) is 3.74. The molecule has 0 aliphatic carbocycles. The van der Waals surface area contributed by atoms with E-state index >= 15 is 0 Å². The highest BCUT2D eigenvalue weighted by atomic mass is 79.9. The Labute approximate surface area is 101 Å². The highest BCUT2D eigenvalue weighted by Crippen LogP contribution is 2.27. The summed E-state index contributed by atoms with van der Waals surface area (Å²) >= 11 is 9.00. The van der Waals surface area contributed by atoms with Crippen LogP contribution in [0.4, 0.5) is 0 Å². The lowest BCUT2D eigenvalue weighted by molar-refractivity contribution is 0.0991. The van der Waals surface area contributed by atoms with Gasteiger partial charge < -0.3 is 4.98 Å². The molecule has 0 bridgehead atoms. The van der Waals surface area contributed by atoms with Crippen molar-refractivity contribution in [2.45, 2.75) is 6.42 Å². The standard InChI is InChI=1S/C11H9BrClNO/c12-8-2-1-3-9-11(8)7(6-14-9)10(15)4-5-13/h1-3,6,14H,4-5H2. The van der Waals surface area contributed by atoms with Crippen molar-refractivity contribution in [2.24, 2.45) is 0 Å². The minimum atomic E-state index is 0.0724. The quantitative estimate of drug-likeness (QED) is 0.676. The van der Waals surface area contributed by atoms with Gasteiger partial charge in [-0.3, -0.25) is 4.79 Å². The van der Waals surface area contributed by atoms with Crippen LogP contribution in [0.2, 0.25) is 0 Å². The SMILES string of the molecule is O=C(CCCl)c1c[nH]c2cccc(Br)c12. The van der Waals surface area contributed by atoms with Crippen molar-refractivity contribution in [1.82, 2.24) is 4.98 Å². The van der Waals surface area contributed by atoms with Crippen LogP contribution in [0, 0.1) is 0 Å². The van der Waals surface area contributed by atoms with E-state index in [9.17, 15) is 4.79 Å². The van der Waals surface area contributed by atoms with Gasteiger partial charge in [0.1, 0.15) is 0 Å². The molecule has 15 heavy (non-hydrogen) atoms. The van der Waals surface area contributed by atoms with Crippen molar-refractivity contribution in [3.8, 4) is 0 Å².